The largest absolute Gasteiger partial charge is 0.497 e. The Bertz CT molecular complexity index is 1190. The molecular weight excluding hydrogens is 464 g/mol. The first-order valence-electron chi connectivity index (χ1n) is 13.4. The Balaban J connectivity index is 1.41. The molecule has 0 spiro atoms. The summed E-state index contributed by atoms with van der Waals surface area (Å²) in [5.74, 6) is 2.96. The highest BCUT2D eigenvalue weighted by Crippen LogP contribution is 2.25. The van der Waals surface area contributed by atoms with Gasteiger partial charge in [0.1, 0.15) is 5.75 Å². The molecule has 196 valence electrons. The van der Waals surface area contributed by atoms with Gasteiger partial charge in [-0.05, 0) is 82.7 Å². The van der Waals surface area contributed by atoms with Gasteiger partial charge in [0.15, 0.2) is 0 Å². The predicted octanol–water partition coefficient (Wildman–Crippen LogP) is 4.74. The van der Waals surface area contributed by atoms with Gasteiger partial charge in [-0.25, -0.2) is 5.01 Å². The lowest BCUT2D eigenvalue weighted by atomic mass is 10.1. The molecule has 0 amide bonds. The van der Waals surface area contributed by atoms with Gasteiger partial charge < -0.3 is 19.1 Å². The topological polar surface area (TPSA) is 74.9 Å². The van der Waals surface area contributed by atoms with E-state index >= 15 is 0 Å². The van der Waals surface area contributed by atoms with Crippen molar-refractivity contribution in [3.05, 3.63) is 47.3 Å². The van der Waals surface area contributed by atoms with Crippen LogP contribution in [0.4, 0.5) is 17.8 Å². The van der Waals surface area contributed by atoms with E-state index in [-0.39, 0.29) is 0 Å². The van der Waals surface area contributed by atoms with Gasteiger partial charge in [-0.3, -0.25) is 0 Å². The second kappa shape index (κ2) is 11.2. The van der Waals surface area contributed by atoms with Crippen molar-refractivity contribution >= 4 is 24.1 Å². The molecule has 2 fully saturated rings. The average Bonchev–Trinajstić information content (AvgIpc) is 3.24. The van der Waals surface area contributed by atoms with E-state index in [2.05, 4.69) is 46.4 Å². The van der Waals surface area contributed by atoms with Gasteiger partial charge in [-0.1, -0.05) is 0 Å². The highest BCUT2D eigenvalue weighted by molar-refractivity contribution is 5.82. The zero-order chi connectivity index (χ0) is 25.8. The second-order valence-electron chi connectivity index (χ2n) is 9.96. The van der Waals surface area contributed by atoms with Gasteiger partial charge in [0.2, 0.25) is 11.9 Å². The van der Waals surface area contributed by atoms with Crippen molar-refractivity contribution in [3.63, 3.8) is 0 Å². The fourth-order valence-electron chi connectivity index (χ4n) is 5.21. The van der Waals surface area contributed by atoms with E-state index < -0.39 is 0 Å². The van der Waals surface area contributed by atoms with E-state index in [4.69, 9.17) is 24.8 Å². The fourth-order valence-corrected chi connectivity index (χ4v) is 5.21. The maximum atomic E-state index is 5.31. The monoisotopic (exact) mass is 502 g/mol. The molecule has 5 rings (SSSR count). The average molecular weight is 503 g/mol. The maximum Gasteiger partial charge on any atom is 0.252 e. The Kier molecular flexibility index (Phi) is 7.58. The molecule has 37 heavy (non-hydrogen) atoms. The standard InChI is InChI=1S/C28H38N8O/c1-21-19-23(22(2)36(21)24-11-13-25(37-4)14-12-24)20-29-33(3)26-30-27(34-15-7-5-8-16-34)32-28(31-26)35-17-9-6-10-18-35/h11-14,19-20H,5-10,15-18H2,1-4H3/b29-20+. The lowest BCUT2D eigenvalue weighted by molar-refractivity contribution is 0.414. The highest BCUT2D eigenvalue weighted by Gasteiger charge is 2.21. The normalized spacial score (nSPS) is 16.4. The summed E-state index contributed by atoms with van der Waals surface area (Å²) in [5, 5.41) is 6.52. The molecule has 0 aliphatic carbocycles. The van der Waals surface area contributed by atoms with Crippen LogP contribution in [-0.2, 0) is 0 Å². The molecule has 0 radical (unpaired) electrons. The second-order valence-corrected chi connectivity index (χ2v) is 9.96. The Morgan fingerprint density at radius 3 is 1.95 bits per heavy atom. The minimum atomic E-state index is 0.580. The molecular formula is C28H38N8O. The van der Waals surface area contributed by atoms with Gasteiger partial charge in [0, 0.05) is 55.9 Å². The van der Waals surface area contributed by atoms with E-state index in [0.29, 0.717) is 5.95 Å². The quantitative estimate of drug-likeness (QED) is 0.341. The molecule has 0 unspecified atom stereocenters. The molecule has 9 nitrogen and oxygen atoms in total. The predicted molar refractivity (Wildman–Crippen MR) is 150 cm³/mol. The molecule has 9 heteroatoms. The van der Waals surface area contributed by atoms with E-state index in [9.17, 15) is 0 Å². The number of rotatable bonds is 7. The summed E-state index contributed by atoms with van der Waals surface area (Å²) in [6.07, 6.45) is 9.15. The SMILES string of the molecule is COc1ccc(-n2c(C)cc(/C=N/N(C)c3nc(N4CCCCC4)nc(N4CCCCC4)n3)c2C)cc1. The molecule has 2 saturated heterocycles. The van der Waals surface area contributed by atoms with Crippen LogP contribution in [0.2, 0.25) is 0 Å². The number of hydrogen-bond acceptors (Lipinski definition) is 8. The van der Waals surface area contributed by atoms with Crippen LogP contribution in [0.1, 0.15) is 55.5 Å². The summed E-state index contributed by atoms with van der Waals surface area (Å²) < 4.78 is 7.54. The third kappa shape index (κ3) is 5.55. The van der Waals surface area contributed by atoms with Crippen LogP contribution in [0.25, 0.3) is 5.69 Å². The van der Waals surface area contributed by atoms with Crippen molar-refractivity contribution < 1.29 is 4.74 Å². The Hall–Kier alpha value is -3.62. The molecule has 4 heterocycles. The number of methoxy groups -OCH3 is 1. The lowest BCUT2D eigenvalue weighted by Crippen LogP contribution is -2.35. The molecule has 2 aliphatic heterocycles. The van der Waals surface area contributed by atoms with Crippen LogP contribution in [0.5, 0.6) is 5.75 Å². The molecule has 0 atom stereocenters. The number of ether oxygens (including phenoxy) is 1. The summed E-state index contributed by atoms with van der Waals surface area (Å²) in [6.45, 7) is 8.20. The molecule has 2 aliphatic rings. The van der Waals surface area contributed by atoms with Gasteiger partial charge >= 0.3 is 0 Å². The van der Waals surface area contributed by atoms with Crippen LogP contribution >= 0.6 is 0 Å². The number of anilines is 3. The third-order valence-corrected chi connectivity index (χ3v) is 7.34. The van der Waals surface area contributed by atoms with Crippen LogP contribution in [0.15, 0.2) is 35.4 Å². The number of benzene rings is 1. The number of nitrogens with zero attached hydrogens (tertiary/aromatic N) is 8. The lowest BCUT2D eigenvalue weighted by Gasteiger charge is -2.30. The van der Waals surface area contributed by atoms with Crippen molar-refractivity contribution in [1.82, 2.24) is 19.5 Å². The Morgan fingerprint density at radius 1 is 0.838 bits per heavy atom. The van der Waals surface area contributed by atoms with E-state index in [1.807, 2.05) is 25.4 Å². The molecule has 3 aromatic rings. The Labute approximate surface area is 219 Å². The first kappa shape index (κ1) is 25.0. The van der Waals surface area contributed by atoms with E-state index in [0.717, 1.165) is 66.5 Å². The summed E-state index contributed by atoms with van der Waals surface area (Å²) in [4.78, 5) is 19.2. The number of aromatic nitrogens is 4. The Morgan fingerprint density at radius 2 is 1.41 bits per heavy atom. The molecule has 0 bridgehead atoms. The first-order chi connectivity index (χ1) is 18.0. The maximum absolute atomic E-state index is 5.31. The first-order valence-corrected chi connectivity index (χ1v) is 13.4. The minimum Gasteiger partial charge on any atom is -0.497 e. The summed E-state index contributed by atoms with van der Waals surface area (Å²) in [5.41, 5.74) is 4.42. The van der Waals surface area contributed by atoms with Crippen LogP contribution in [-0.4, -0.2) is 66.1 Å². The van der Waals surface area contributed by atoms with Crippen molar-refractivity contribution in [2.45, 2.75) is 52.4 Å². The third-order valence-electron chi connectivity index (χ3n) is 7.34. The van der Waals surface area contributed by atoms with Crippen molar-refractivity contribution in [2.75, 3.05) is 55.1 Å². The highest BCUT2D eigenvalue weighted by atomic mass is 16.5. The number of hydrogen-bond donors (Lipinski definition) is 0. The van der Waals surface area contributed by atoms with Crippen molar-refractivity contribution in [1.29, 1.82) is 0 Å². The molecule has 0 N–H and O–H groups in total. The summed E-state index contributed by atoms with van der Waals surface area (Å²) in [6, 6.07) is 10.3. The van der Waals surface area contributed by atoms with Gasteiger partial charge in [0.25, 0.3) is 5.95 Å². The number of aryl methyl sites for hydroxylation is 1. The minimum absolute atomic E-state index is 0.580. The summed E-state index contributed by atoms with van der Waals surface area (Å²) >= 11 is 0. The van der Waals surface area contributed by atoms with Gasteiger partial charge in [-0.15, -0.1) is 0 Å². The van der Waals surface area contributed by atoms with E-state index in [1.54, 1.807) is 12.1 Å². The fraction of sp³-hybridized carbons (Fsp3) is 0.500. The molecule has 1 aromatic carbocycles. The van der Waals surface area contributed by atoms with Gasteiger partial charge in [-0.2, -0.15) is 20.1 Å². The number of piperidine rings is 2. The molecule has 2 aromatic heterocycles. The molecule has 0 saturated carbocycles. The number of hydrazone groups is 1. The van der Waals surface area contributed by atoms with E-state index in [1.165, 1.54) is 38.5 Å². The summed E-state index contributed by atoms with van der Waals surface area (Å²) in [7, 11) is 3.60. The van der Waals surface area contributed by atoms with Crippen LogP contribution < -0.4 is 19.5 Å². The zero-order valence-electron chi connectivity index (χ0n) is 22.5. The van der Waals surface area contributed by atoms with Crippen LogP contribution in [0.3, 0.4) is 0 Å². The van der Waals surface area contributed by atoms with Crippen molar-refractivity contribution in [3.8, 4) is 11.4 Å². The van der Waals surface area contributed by atoms with Crippen molar-refractivity contribution in [2.24, 2.45) is 5.10 Å². The smallest absolute Gasteiger partial charge is 0.252 e. The van der Waals surface area contributed by atoms with Gasteiger partial charge in [0.05, 0.1) is 13.3 Å². The zero-order valence-corrected chi connectivity index (χ0v) is 22.5. The van der Waals surface area contributed by atoms with Crippen LogP contribution in [0, 0.1) is 13.8 Å².